The second-order valence-electron chi connectivity index (χ2n) is 7.06. The number of hydrogen-bond acceptors (Lipinski definition) is 4. The van der Waals surface area contributed by atoms with Crippen LogP contribution < -0.4 is 5.56 Å². The predicted molar refractivity (Wildman–Crippen MR) is 122 cm³/mol. The monoisotopic (exact) mass is 442 g/mol. The number of rotatable bonds is 4. The number of nitrogens with zero attached hydrogens (tertiary/aromatic N) is 4. The Labute approximate surface area is 186 Å². The first kappa shape index (κ1) is 19.7. The minimum Gasteiger partial charge on any atom is -0.478 e. The van der Waals surface area contributed by atoms with E-state index in [1.807, 2.05) is 30.3 Å². The molecule has 0 amide bonds. The summed E-state index contributed by atoms with van der Waals surface area (Å²) in [7, 11) is 0. The highest BCUT2D eigenvalue weighted by molar-refractivity contribution is 6.30. The number of aromatic nitrogens is 4. The van der Waals surface area contributed by atoms with E-state index in [1.165, 1.54) is 16.7 Å². The Bertz CT molecular complexity index is 1510. The summed E-state index contributed by atoms with van der Waals surface area (Å²) in [4.78, 5) is 34.0. The summed E-state index contributed by atoms with van der Waals surface area (Å²) in [6.45, 7) is 0. The van der Waals surface area contributed by atoms with Crippen LogP contribution in [-0.4, -0.2) is 30.2 Å². The van der Waals surface area contributed by atoms with Crippen molar-refractivity contribution in [3.8, 4) is 22.8 Å². The molecule has 5 aromatic rings. The molecule has 0 aliphatic heterocycles. The van der Waals surface area contributed by atoms with Crippen molar-refractivity contribution in [2.75, 3.05) is 0 Å². The van der Waals surface area contributed by atoms with Crippen LogP contribution in [0.2, 0.25) is 5.02 Å². The van der Waals surface area contributed by atoms with E-state index >= 15 is 0 Å². The standard InChI is InChI=1S/C24H15ClN4O3/c25-17-10-12-19(13-11-17)29-21(15-6-8-16(9-7-15)24(31)32)27-22-20(23(29)30)26-14-28(22)18-4-2-1-3-5-18/h1-14H,(H,31,32). The normalized spacial score (nSPS) is 11.0. The molecule has 32 heavy (non-hydrogen) atoms. The van der Waals surface area contributed by atoms with Crippen molar-refractivity contribution in [2.24, 2.45) is 0 Å². The molecule has 0 spiro atoms. The number of fused-ring (bicyclic) bond motifs is 1. The van der Waals surface area contributed by atoms with Gasteiger partial charge >= 0.3 is 5.97 Å². The first-order chi connectivity index (χ1) is 15.5. The highest BCUT2D eigenvalue weighted by Crippen LogP contribution is 2.24. The number of halogens is 1. The molecule has 0 saturated heterocycles. The van der Waals surface area contributed by atoms with Gasteiger partial charge < -0.3 is 5.11 Å². The summed E-state index contributed by atoms with van der Waals surface area (Å²) in [6, 6.07) is 22.5. The van der Waals surface area contributed by atoms with Crippen LogP contribution in [0, 0.1) is 0 Å². The molecule has 1 N–H and O–H groups in total. The van der Waals surface area contributed by atoms with E-state index in [2.05, 4.69) is 4.98 Å². The van der Waals surface area contributed by atoms with Gasteiger partial charge in [-0.15, -0.1) is 0 Å². The van der Waals surface area contributed by atoms with Gasteiger partial charge in [-0.25, -0.2) is 14.8 Å². The number of carbonyl (C=O) groups is 1. The number of benzene rings is 3. The molecule has 0 bridgehead atoms. The average Bonchev–Trinajstić information content (AvgIpc) is 3.25. The Kier molecular flexibility index (Phi) is 4.80. The number of carboxylic acid groups (broad SMARTS) is 1. The largest absolute Gasteiger partial charge is 0.478 e. The van der Waals surface area contributed by atoms with Crippen molar-refractivity contribution in [2.45, 2.75) is 0 Å². The molecule has 156 valence electrons. The van der Waals surface area contributed by atoms with Crippen LogP contribution >= 0.6 is 11.6 Å². The lowest BCUT2D eigenvalue weighted by Crippen LogP contribution is -2.22. The lowest BCUT2D eigenvalue weighted by Gasteiger charge is -2.13. The summed E-state index contributed by atoms with van der Waals surface area (Å²) in [5, 5.41) is 9.77. The van der Waals surface area contributed by atoms with Gasteiger partial charge in [-0.05, 0) is 48.5 Å². The molecular formula is C24H15ClN4O3. The summed E-state index contributed by atoms with van der Waals surface area (Å²) in [5.74, 6) is -0.670. The maximum Gasteiger partial charge on any atom is 0.335 e. The maximum atomic E-state index is 13.5. The Morgan fingerprint density at radius 2 is 1.56 bits per heavy atom. The highest BCUT2D eigenvalue weighted by Gasteiger charge is 2.19. The molecule has 0 aliphatic rings. The minimum atomic E-state index is -1.03. The predicted octanol–water partition coefficient (Wildman–Crippen LogP) is 4.59. The van der Waals surface area contributed by atoms with Crippen LogP contribution in [0.4, 0.5) is 0 Å². The third-order valence-corrected chi connectivity index (χ3v) is 5.33. The lowest BCUT2D eigenvalue weighted by molar-refractivity contribution is 0.0697. The molecule has 8 heteroatoms. The average molecular weight is 443 g/mol. The van der Waals surface area contributed by atoms with Crippen LogP contribution in [0.3, 0.4) is 0 Å². The molecule has 0 fully saturated rings. The van der Waals surface area contributed by atoms with Crippen LogP contribution in [0.25, 0.3) is 33.9 Å². The number of para-hydroxylation sites is 1. The van der Waals surface area contributed by atoms with Crippen molar-refractivity contribution < 1.29 is 9.90 Å². The zero-order chi connectivity index (χ0) is 22.2. The fourth-order valence-corrected chi connectivity index (χ4v) is 3.64. The Morgan fingerprint density at radius 1 is 0.875 bits per heavy atom. The molecule has 2 heterocycles. The van der Waals surface area contributed by atoms with Crippen LogP contribution in [0.15, 0.2) is 90.0 Å². The molecular weight excluding hydrogens is 428 g/mol. The van der Waals surface area contributed by atoms with Gasteiger partial charge in [0.25, 0.3) is 5.56 Å². The highest BCUT2D eigenvalue weighted by atomic mass is 35.5. The molecule has 3 aromatic carbocycles. The topological polar surface area (TPSA) is 90.0 Å². The van der Waals surface area contributed by atoms with Gasteiger partial charge in [-0.2, -0.15) is 0 Å². The molecule has 0 saturated carbocycles. The van der Waals surface area contributed by atoms with E-state index in [0.717, 1.165) is 5.69 Å². The molecule has 0 radical (unpaired) electrons. The number of carboxylic acids is 1. The van der Waals surface area contributed by atoms with Crippen molar-refractivity contribution in [1.82, 2.24) is 19.1 Å². The third kappa shape index (κ3) is 3.34. The van der Waals surface area contributed by atoms with E-state index < -0.39 is 5.97 Å². The zero-order valence-electron chi connectivity index (χ0n) is 16.5. The van der Waals surface area contributed by atoms with Gasteiger partial charge in [-0.3, -0.25) is 13.9 Å². The van der Waals surface area contributed by atoms with Crippen molar-refractivity contribution in [3.05, 3.63) is 106 Å². The molecule has 7 nitrogen and oxygen atoms in total. The summed E-state index contributed by atoms with van der Waals surface area (Å²) >= 11 is 6.03. The van der Waals surface area contributed by atoms with Crippen LogP contribution in [0.5, 0.6) is 0 Å². The van der Waals surface area contributed by atoms with E-state index in [1.54, 1.807) is 47.3 Å². The SMILES string of the molecule is O=C(O)c1ccc(-c2nc3c(ncn3-c3ccccc3)c(=O)n2-c2ccc(Cl)cc2)cc1. The van der Waals surface area contributed by atoms with Gasteiger partial charge in [0.2, 0.25) is 0 Å². The molecule has 0 unspecified atom stereocenters. The minimum absolute atomic E-state index is 0.143. The Hall–Kier alpha value is -4.23. The van der Waals surface area contributed by atoms with E-state index in [9.17, 15) is 14.7 Å². The van der Waals surface area contributed by atoms with Gasteiger partial charge in [0.05, 0.1) is 11.3 Å². The first-order valence-electron chi connectivity index (χ1n) is 9.68. The fourth-order valence-electron chi connectivity index (χ4n) is 3.51. The van der Waals surface area contributed by atoms with Crippen molar-refractivity contribution in [3.63, 3.8) is 0 Å². The molecule has 0 aliphatic carbocycles. The Balaban J connectivity index is 1.82. The second kappa shape index (κ2) is 7.79. The number of hydrogen-bond donors (Lipinski definition) is 1. The molecule has 0 atom stereocenters. The molecule has 2 aromatic heterocycles. The summed E-state index contributed by atoms with van der Waals surface area (Å²) in [6.07, 6.45) is 1.57. The van der Waals surface area contributed by atoms with E-state index in [0.29, 0.717) is 27.7 Å². The van der Waals surface area contributed by atoms with Gasteiger partial charge in [0, 0.05) is 16.3 Å². The number of imidazole rings is 1. The lowest BCUT2D eigenvalue weighted by atomic mass is 10.1. The van der Waals surface area contributed by atoms with Gasteiger partial charge in [0.1, 0.15) is 12.2 Å². The zero-order valence-corrected chi connectivity index (χ0v) is 17.3. The van der Waals surface area contributed by atoms with Gasteiger partial charge in [-0.1, -0.05) is 41.9 Å². The van der Waals surface area contributed by atoms with Crippen LogP contribution in [0.1, 0.15) is 10.4 Å². The molecule has 5 rings (SSSR count). The van der Waals surface area contributed by atoms with Crippen molar-refractivity contribution in [1.29, 1.82) is 0 Å². The van der Waals surface area contributed by atoms with E-state index in [-0.39, 0.29) is 16.6 Å². The maximum absolute atomic E-state index is 13.5. The first-order valence-corrected chi connectivity index (χ1v) is 10.1. The van der Waals surface area contributed by atoms with Gasteiger partial charge in [0.15, 0.2) is 11.2 Å². The summed E-state index contributed by atoms with van der Waals surface area (Å²) < 4.78 is 3.20. The van der Waals surface area contributed by atoms with Crippen molar-refractivity contribution >= 4 is 28.7 Å². The number of aromatic carboxylic acids is 1. The fraction of sp³-hybridized carbons (Fsp3) is 0. The van der Waals surface area contributed by atoms with E-state index in [4.69, 9.17) is 16.6 Å². The smallest absolute Gasteiger partial charge is 0.335 e. The Morgan fingerprint density at radius 3 is 2.22 bits per heavy atom. The quantitative estimate of drug-likeness (QED) is 0.439. The summed E-state index contributed by atoms with van der Waals surface area (Å²) in [5.41, 5.74) is 2.40. The third-order valence-electron chi connectivity index (χ3n) is 5.08. The second-order valence-corrected chi connectivity index (χ2v) is 7.49. The van der Waals surface area contributed by atoms with Crippen LogP contribution in [-0.2, 0) is 0 Å².